The molecule has 1 saturated heterocycles. The van der Waals surface area contributed by atoms with E-state index >= 15 is 0 Å². The number of aromatic amines is 1. The van der Waals surface area contributed by atoms with Gasteiger partial charge in [-0.2, -0.15) is 5.10 Å². The van der Waals surface area contributed by atoms with Gasteiger partial charge in [-0.3, -0.25) is 9.48 Å². The number of imidazole rings is 1. The lowest BCUT2D eigenvalue weighted by atomic mass is 10.1. The van der Waals surface area contributed by atoms with E-state index < -0.39 is 0 Å². The molecule has 0 unspecified atom stereocenters. The van der Waals surface area contributed by atoms with Gasteiger partial charge in [0, 0.05) is 42.6 Å². The summed E-state index contributed by atoms with van der Waals surface area (Å²) in [5, 5.41) is 7.40. The van der Waals surface area contributed by atoms with Crippen molar-refractivity contribution < 1.29 is 9.53 Å². The summed E-state index contributed by atoms with van der Waals surface area (Å²) >= 11 is 0. The van der Waals surface area contributed by atoms with Gasteiger partial charge in [0.1, 0.15) is 5.82 Å². The first-order valence-corrected chi connectivity index (χ1v) is 8.75. The second-order valence-corrected chi connectivity index (χ2v) is 6.40. The van der Waals surface area contributed by atoms with E-state index in [1.54, 1.807) is 18.6 Å². The number of rotatable bonds is 4. The van der Waals surface area contributed by atoms with E-state index in [-0.39, 0.29) is 5.91 Å². The van der Waals surface area contributed by atoms with Crippen LogP contribution in [0.5, 0.6) is 0 Å². The molecule has 0 bridgehead atoms. The van der Waals surface area contributed by atoms with Crippen molar-refractivity contribution in [2.75, 3.05) is 18.5 Å². The van der Waals surface area contributed by atoms with E-state index in [1.807, 2.05) is 35.9 Å². The third-order valence-corrected chi connectivity index (χ3v) is 4.72. The average Bonchev–Trinajstić information content (AvgIpc) is 3.32. The molecule has 7 heteroatoms. The summed E-state index contributed by atoms with van der Waals surface area (Å²) < 4.78 is 7.36. The fraction of sp³-hybridized carbons (Fsp3) is 0.316. The molecule has 0 spiro atoms. The number of H-pyrrole nitrogens is 1. The quantitative estimate of drug-likeness (QED) is 0.756. The van der Waals surface area contributed by atoms with E-state index in [1.165, 1.54) is 0 Å². The van der Waals surface area contributed by atoms with Crippen molar-refractivity contribution in [1.29, 1.82) is 0 Å². The van der Waals surface area contributed by atoms with Crippen LogP contribution in [0.2, 0.25) is 0 Å². The van der Waals surface area contributed by atoms with Gasteiger partial charge >= 0.3 is 0 Å². The van der Waals surface area contributed by atoms with Crippen LogP contribution < -0.4 is 5.32 Å². The van der Waals surface area contributed by atoms with Crippen LogP contribution in [0, 0.1) is 6.92 Å². The zero-order chi connectivity index (χ0) is 17.9. The summed E-state index contributed by atoms with van der Waals surface area (Å²) in [6, 6.07) is 7.90. The minimum absolute atomic E-state index is 0.155. The van der Waals surface area contributed by atoms with Crippen LogP contribution >= 0.6 is 0 Å². The Hall–Kier alpha value is -2.93. The van der Waals surface area contributed by atoms with Gasteiger partial charge in [0.15, 0.2) is 0 Å². The number of hydrogen-bond donors (Lipinski definition) is 2. The normalized spacial score (nSPS) is 15.1. The first-order valence-electron chi connectivity index (χ1n) is 8.75. The molecule has 1 aromatic carbocycles. The Morgan fingerprint density at radius 1 is 1.35 bits per heavy atom. The van der Waals surface area contributed by atoms with Crippen LogP contribution in [-0.2, 0) is 4.74 Å². The van der Waals surface area contributed by atoms with Crippen molar-refractivity contribution in [2.45, 2.75) is 25.8 Å². The maximum absolute atomic E-state index is 12.7. The molecule has 7 nitrogen and oxygen atoms in total. The van der Waals surface area contributed by atoms with Gasteiger partial charge in [0.05, 0.1) is 17.8 Å². The number of nitrogens with zero attached hydrogens (tertiary/aromatic N) is 3. The van der Waals surface area contributed by atoms with Crippen molar-refractivity contribution in [3.63, 3.8) is 0 Å². The zero-order valence-electron chi connectivity index (χ0n) is 14.6. The van der Waals surface area contributed by atoms with Crippen molar-refractivity contribution in [3.8, 4) is 11.4 Å². The predicted molar refractivity (Wildman–Crippen MR) is 98.0 cm³/mol. The van der Waals surface area contributed by atoms with Crippen LogP contribution in [-0.4, -0.2) is 38.9 Å². The fourth-order valence-corrected chi connectivity index (χ4v) is 3.31. The Labute approximate surface area is 151 Å². The van der Waals surface area contributed by atoms with Crippen molar-refractivity contribution in [2.24, 2.45) is 0 Å². The topological polar surface area (TPSA) is 84.8 Å². The van der Waals surface area contributed by atoms with Gasteiger partial charge in [0.2, 0.25) is 0 Å². The summed E-state index contributed by atoms with van der Waals surface area (Å²) in [6.07, 6.45) is 6.98. The molecule has 0 aliphatic carbocycles. The lowest BCUT2D eigenvalue weighted by Gasteiger charge is -2.23. The Kier molecular flexibility index (Phi) is 4.53. The number of aromatic nitrogens is 4. The van der Waals surface area contributed by atoms with Crippen LogP contribution in [0.25, 0.3) is 11.4 Å². The van der Waals surface area contributed by atoms with Gasteiger partial charge in [-0.05, 0) is 31.9 Å². The maximum Gasteiger partial charge on any atom is 0.259 e. The Morgan fingerprint density at radius 3 is 2.96 bits per heavy atom. The Balaban J connectivity index is 1.52. The van der Waals surface area contributed by atoms with Crippen molar-refractivity contribution in [3.05, 3.63) is 54.1 Å². The molecular weight excluding hydrogens is 330 g/mol. The smallest absolute Gasteiger partial charge is 0.259 e. The number of ether oxygens (including phenoxy) is 1. The molecule has 4 rings (SSSR count). The third-order valence-electron chi connectivity index (χ3n) is 4.72. The SMILES string of the molecule is Cc1c(C(=O)Nc2cccc(-c3ncc[nH]3)c2)cnn1C1CCOCC1. The second kappa shape index (κ2) is 7.13. The molecule has 2 aromatic heterocycles. The minimum Gasteiger partial charge on any atom is -0.381 e. The van der Waals surface area contributed by atoms with Gasteiger partial charge < -0.3 is 15.0 Å². The highest BCUT2D eigenvalue weighted by molar-refractivity contribution is 6.05. The van der Waals surface area contributed by atoms with Crippen LogP contribution in [0.3, 0.4) is 0 Å². The highest BCUT2D eigenvalue weighted by Gasteiger charge is 2.22. The van der Waals surface area contributed by atoms with Crippen LogP contribution in [0.1, 0.15) is 34.9 Å². The first-order chi connectivity index (χ1) is 12.7. The predicted octanol–water partition coefficient (Wildman–Crippen LogP) is 3.19. The molecule has 0 atom stereocenters. The second-order valence-electron chi connectivity index (χ2n) is 6.40. The fourth-order valence-electron chi connectivity index (χ4n) is 3.31. The lowest BCUT2D eigenvalue weighted by molar-refractivity contribution is 0.0656. The number of anilines is 1. The van der Waals surface area contributed by atoms with Gasteiger partial charge in [0.25, 0.3) is 5.91 Å². The molecule has 3 aromatic rings. The number of benzene rings is 1. The first kappa shape index (κ1) is 16.5. The van der Waals surface area contributed by atoms with E-state index in [4.69, 9.17) is 4.74 Å². The van der Waals surface area contributed by atoms with E-state index in [0.717, 1.165) is 48.8 Å². The number of amides is 1. The number of carbonyl (C=O) groups is 1. The lowest BCUT2D eigenvalue weighted by Crippen LogP contribution is -2.22. The minimum atomic E-state index is -0.155. The molecule has 26 heavy (non-hydrogen) atoms. The average molecular weight is 351 g/mol. The maximum atomic E-state index is 12.7. The molecule has 1 fully saturated rings. The highest BCUT2D eigenvalue weighted by atomic mass is 16.5. The molecule has 0 saturated carbocycles. The molecule has 1 aliphatic heterocycles. The van der Waals surface area contributed by atoms with E-state index in [2.05, 4.69) is 20.4 Å². The molecule has 2 N–H and O–H groups in total. The summed E-state index contributed by atoms with van der Waals surface area (Å²) in [6.45, 7) is 3.42. The number of carbonyl (C=O) groups excluding carboxylic acids is 1. The molecule has 1 aliphatic rings. The molecule has 3 heterocycles. The molecule has 0 radical (unpaired) electrons. The Bertz CT molecular complexity index is 895. The molecular formula is C19H21N5O2. The number of hydrogen-bond acceptors (Lipinski definition) is 4. The largest absolute Gasteiger partial charge is 0.381 e. The monoisotopic (exact) mass is 351 g/mol. The Morgan fingerprint density at radius 2 is 2.19 bits per heavy atom. The summed E-state index contributed by atoms with van der Waals surface area (Å²) in [5.41, 5.74) is 3.13. The number of nitrogens with one attached hydrogen (secondary N) is 2. The molecule has 1 amide bonds. The van der Waals surface area contributed by atoms with E-state index in [0.29, 0.717) is 11.6 Å². The van der Waals surface area contributed by atoms with Gasteiger partial charge in [-0.15, -0.1) is 0 Å². The summed E-state index contributed by atoms with van der Waals surface area (Å²) in [5.74, 6) is 0.613. The zero-order valence-corrected chi connectivity index (χ0v) is 14.6. The van der Waals surface area contributed by atoms with Crippen LogP contribution in [0.15, 0.2) is 42.9 Å². The van der Waals surface area contributed by atoms with Crippen LogP contribution in [0.4, 0.5) is 5.69 Å². The van der Waals surface area contributed by atoms with Crippen molar-refractivity contribution in [1.82, 2.24) is 19.7 Å². The standard InChI is InChI=1S/C19H21N5O2/c1-13-17(12-22-24(13)16-5-9-26-10-6-16)19(25)23-15-4-2-3-14(11-15)18-20-7-8-21-18/h2-4,7-8,11-12,16H,5-6,9-10H2,1H3,(H,20,21)(H,23,25). The van der Waals surface area contributed by atoms with E-state index in [9.17, 15) is 4.79 Å². The summed E-state index contributed by atoms with van der Waals surface area (Å²) in [4.78, 5) is 20.0. The van der Waals surface area contributed by atoms with Gasteiger partial charge in [-0.25, -0.2) is 4.98 Å². The third kappa shape index (κ3) is 3.25. The molecule has 134 valence electrons. The van der Waals surface area contributed by atoms with Gasteiger partial charge in [-0.1, -0.05) is 12.1 Å². The van der Waals surface area contributed by atoms with Crippen molar-refractivity contribution >= 4 is 11.6 Å². The highest BCUT2D eigenvalue weighted by Crippen LogP contribution is 2.24. The summed E-state index contributed by atoms with van der Waals surface area (Å²) in [7, 11) is 0.